The van der Waals surface area contributed by atoms with Gasteiger partial charge in [0.15, 0.2) is 5.78 Å². The van der Waals surface area contributed by atoms with E-state index in [9.17, 15) is 9.59 Å². The molecule has 1 aliphatic rings. The molecule has 0 spiro atoms. The molecule has 1 aromatic heterocycles. The van der Waals surface area contributed by atoms with Gasteiger partial charge in [0.2, 0.25) is 5.91 Å². The van der Waals surface area contributed by atoms with Gasteiger partial charge in [-0.3, -0.25) is 9.59 Å². The number of amides is 1. The van der Waals surface area contributed by atoms with Crippen molar-refractivity contribution >= 4 is 22.6 Å². The van der Waals surface area contributed by atoms with E-state index in [1.54, 1.807) is 0 Å². The molecule has 0 bridgehead atoms. The number of fused-ring (bicyclic) bond motifs is 1. The summed E-state index contributed by atoms with van der Waals surface area (Å²) in [6.45, 7) is 2.72. The second kappa shape index (κ2) is 10.4. The number of rotatable bonds is 9. The fourth-order valence-corrected chi connectivity index (χ4v) is 4.42. The highest BCUT2D eigenvalue weighted by atomic mass is 16.2. The van der Waals surface area contributed by atoms with Crippen molar-refractivity contribution in [2.75, 3.05) is 19.6 Å². The molecular weight excluding hydrogens is 386 g/mol. The zero-order chi connectivity index (χ0) is 21.5. The second-order valence-electron chi connectivity index (χ2n) is 8.47. The molecule has 0 saturated heterocycles. The van der Waals surface area contributed by atoms with Crippen molar-refractivity contribution in [3.05, 3.63) is 71.9 Å². The highest BCUT2D eigenvalue weighted by molar-refractivity contribution is 6.10. The van der Waals surface area contributed by atoms with Crippen molar-refractivity contribution < 1.29 is 9.59 Å². The number of nitrogens with one attached hydrogen (secondary N) is 2. The molecule has 1 heterocycles. The molecule has 1 saturated carbocycles. The Balaban J connectivity index is 1.30. The van der Waals surface area contributed by atoms with Gasteiger partial charge in [0, 0.05) is 35.9 Å². The fourth-order valence-electron chi connectivity index (χ4n) is 4.42. The van der Waals surface area contributed by atoms with Gasteiger partial charge in [0.05, 0.1) is 0 Å². The first-order valence-corrected chi connectivity index (χ1v) is 11.4. The lowest BCUT2D eigenvalue weighted by Gasteiger charge is -2.21. The van der Waals surface area contributed by atoms with Crippen LogP contribution in [-0.4, -0.2) is 35.9 Å². The first-order chi connectivity index (χ1) is 15.2. The van der Waals surface area contributed by atoms with Crippen molar-refractivity contribution in [3.63, 3.8) is 0 Å². The molecule has 1 fully saturated rings. The van der Waals surface area contributed by atoms with Crippen LogP contribution in [0.4, 0.5) is 0 Å². The predicted octanol–water partition coefficient (Wildman–Crippen LogP) is 4.16. The van der Waals surface area contributed by atoms with Crippen LogP contribution < -0.4 is 10.6 Å². The standard InChI is InChI=1S/C26H31N3O2/c30-25(28-15-14-27-18-20-7-3-1-4-8-20)19-29-16-13-21-11-12-23(17-24(21)29)26(31)22-9-5-2-6-10-22/h2,5-6,9-13,16-17,20,27H,1,3-4,7-8,14-15,18-19H2,(H,28,30). The SMILES string of the molecule is O=C(Cn1ccc2ccc(C(=O)c3ccccc3)cc21)NCCNCC1CCCCC1. The summed E-state index contributed by atoms with van der Waals surface area (Å²) >= 11 is 0. The number of hydrogen-bond donors (Lipinski definition) is 2. The molecule has 4 rings (SSSR count). The number of carbonyl (C=O) groups excluding carboxylic acids is 2. The maximum Gasteiger partial charge on any atom is 0.239 e. The molecule has 1 amide bonds. The highest BCUT2D eigenvalue weighted by Crippen LogP contribution is 2.22. The van der Waals surface area contributed by atoms with E-state index in [2.05, 4.69) is 10.6 Å². The van der Waals surface area contributed by atoms with E-state index in [1.165, 1.54) is 32.1 Å². The third-order valence-corrected chi connectivity index (χ3v) is 6.17. The summed E-state index contributed by atoms with van der Waals surface area (Å²) in [4.78, 5) is 25.2. The van der Waals surface area contributed by atoms with Crippen LogP contribution in [0.15, 0.2) is 60.8 Å². The van der Waals surface area contributed by atoms with Gasteiger partial charge in [-0.15, -0.1) is 0 Å². The highest BCUT2D eigenvalue weighted by Gasteiger charge is 2.13. The van der Waals surface area contributed by atoms with Gasteiger partial charge in [-0.25, -0.2) is 0 Å². The topological polar surface area (TPSA) is 63.1 Å². The second-order valence-corrected chi connectivity index (χ2v) is 8.47. The van der Waals surface area contributed by atoms with E-state index in [0.29, 0.717) is 17.7 Å². The Morgan fingerprint density at radius 1 is 0.903 bits per heavy atom. The third kappa shape index (κ3) is 5.61. The van der Waals surface area contributed by atoms with Crippen LogP contribution in [0.3, 0.4) is 0 Å². The number of aromatic nitrogens is 1. The lowest BCUT2D eigenvalue weighted by atomic mass is 9.89. The summed E-state index contributed by atoms with van der Waals surface area (Å²) in [6, 6.07) is 16.9. The Labute approximate surface area is 183 Å². The minimum absolute atomic E-state index is 0.0104. The maximum absolute atomic E-state index is 12.8. The van der Waals surface area contributed by atoms with Crippen LogP contribution >= 0.6 is 0 Å². The zero-order valence-electron chi connectivity index (χ0n) is 18.0. The smallest absolute Gasteiger partial charge is 0.239 e. The van der Waals surface area contributed by atoms with Crippen LogP contribution in [0.2, 0.25) is 0 Å². The number of hydrogen-bond acceptors (Lipinski definition) is 3. The van der Waals surface area contributed by atoms with Crippen LogP contribution in [0, 0.1) is 5.92 Å². The Kier molecular flexibility index (Phi) is 7.15. The van der Waals surface area contributed by atoms with E-state index in [4.69, 9.17) is 0 Å². The van der Waals surface area contributed by atoms with Gasteiger partial charge in [-0.05, 0) is 42.8 Å². The molecule has 0 atom stereocenters. The molecule has 0 unspecified atom stereocenters. The largest absolute Gasteiger partial charge is 0.353 e. The number of carbonyl (C=O) groups is 2. The summed E-state index contributed by atoms with van der Waals surface area (Å²) in [5.41, 5.74) is 2.19. The molecule has 3 aromatic rings. The van der Waals surface area contributed by atoms with Crippen molar-refractivity contribution in [2.45, 2.75) is 38.6 Å². The molecule has 31 heavy (non-hydrogen) atoms. The molecule has 2 aromatic carbocycles. The number of ketones is 1. The van der Waals surface area contributed by atoms with Crippen LogP contribution in [0.25, 0.3) is 10.9 Å². The van der Waals surface area contributed by atoms with Gasteiger partial charge >= 0.3 is 0 Å². The summed E-state index contributed by atoms with van der Waals surface area (Å²) in [6.07, 6.45) is 8.65. The molecule has 0 aliphatic heterocycles. The number of nitrogens with zero attached hydrogens (tertiary/aromatic N) is 1. The van der Waals surface area contributed by atoms with Gasteiger partial charge in [0.25, 0.3) is 0 Å². The zero-order valence-corrected chi connectivity index (χ0v) is 18.0. The Bertz CT molecular complexity index is 1020. The van der Waals surface area contributed by atoms with Gasteiger partial charge in [-0.1, -0.05) is 61.7 Å². The Morgan fingerprint density at radius 3 is 2.52 bits per heavy atom. The summed E-state index contributed by atoms with van der Waals surface area (Å²) in [5.74, 6) is 0.768. The first kappa shape index (κ1) is 21.3. The molecular formula is C26H31N3O2. The summed E-state index contributed by atoms with van der Waals surface area (Å²) in [5, 5.41) is 7.49. The lowest BCUT2D eigenvalue weighted by molar-refractivity contribution is -0.121. The van der Waals surface area contributed by atoms with Crippen molar-refractivity contribution in [2.24, 2.45) is 5.92 Å². The quantitative estimate of drug-likeness (QED) is 0.406. The predicted molar refractivity (Wildman–Crippen MR) is 124 cm³/mol. The van der Waals surface area contributed by atoms with Gasteiger partial charge in [0.1, 0.15) is 6.54 Å². The van der Waals surface area contributed by atoms with E-state index >= 15 is 0 Å². The first-order valence-electron chi connectivity index (χ1n) is 11.4. The van der Waals surface area contributed by atoms with E-state index < -0.39 is 0 Å². The number of benzene rings is 2. The Hall–Kier alpha value is -2.92. The minimum Gasteiger partial charge on any atom is -0.353 e. The van der Waals surface area contributed by atoms with E-state index in [-0.39, 0.29) is 18.2 Å². The molecule has 162 valence electrons. The van der Waals surface area contributed by atoms with Gasteiger partial charge < -0.3 is 15.2 Å². The van der Waals surface area contributed by atoms with Gasteiger partial charge in [-0.2, -0.15) is 0 Å². The average Bonchev–Trinajstić information content (AvgIpc) is 3.21. The monoisotopic (exact) mass is 417 g/mol. The Morgan fingerprint density at radius 2 is 1.71 bits per heavy atom. The molecule has 1 aliphatic carbocycles. The van der Waals surface area contributed by atoms with Crippen molar-refractivity contribution in [3.8, 4) is 0 Å². The molecule has 5 heteroatoms. The summed E-state index contributed by atoms with van der Waals surface area (Å²) < 4.78 is 1.90. The normalized spacial score (nSPS) is 14.6. The van der Waals surface area contributed by atoms with E-state index in [1.807, 2.05) is 65.4 Å². The lowest BCUT2D eigenvalue weighted by Crippen LogP contribution is -2.35. The maximum atomic E-state index is 12.8. The average molecular weight is 418 g/mol. The van der Waals surface area contributed by atoms with Crippen molar-refractivity contribution in [1.82, 2.24) is 15.2 Å². The van der Waals surface area contributed by atoms with Crippen LogP contribution in [0.1, 0.15) is 48.0 Å². The van der Waals surface area contributed by atoms with Crippen LogP contribution in [-0.2, 0) is 11.3 Å². The minimum atomic E-state index is -0.0169. The molecule has 5 nitrogen and oxygen atoms in total. The summed E-state index contributed by atoms with van der Waals surface area (Å²) in [7, 11) is 0. The van der Waals surface area contributed by atoms with Crippen LogP contribution in [0.5, 0.6) is 0 Å². The van der Waals surface area contributed by atoms with Crippen molar-refractivity contribution in [1.29, 1.82) is 0 Å². The molecule has 2 N–H and O–H groups in total. The van der Waals surface area contributed by atoms with E-state index in [0.717, 1.165) is 29.9 Å². The molecule has 0 radical (unpaired) electrons. The fraction of sp³-hybridized carbons (Fsp3) is 0.385. The third-order valence-electron chi connectivity index (χ3n) is 6.17.